The van der Waals surface area contributed by atoms with Crippen molar-refractivity contribution in [2.45, 2.75) is 19.9 Å². The average Bonchev–Trinajstić information content (AvgIpc) is 2.87. The van der Waals surface area contributed by atoms with Gasteiger partial charge in [0.2, 0.25) is 10.0 Å². The second-order valence-electron chi connectivity index (χ2n) is 8.46. The molecule has 9 nitrogen and oxygen atoms in total. The zero-order chi connectivity index (χ0) is 26.8. The summed E-state index contributed by atoms with van der Waals surface area (Å²) in [6, 6.07) is 23.1. The largest absolute Gasteiger partial charge is 0.484 e. The summed E-state index contributed by atoms with van der Waals surface area (Å²) in [7, 11) is -3.66. The molecule has 0 unspecified atom stereocenters. The lowest BCUT2D eigenvalue weighted by atomic mass is 10.1. The van der Waals surface area contributed by atoms with Crippen LogP contribution >= 0.6 is 0 Å². The van der Waals surface area contributed by atoms with Gasteiger partial charge in [0.25, 0.3) is 11.8 Å². The molecular formula is C27H30N4O5S. The van der Waals surface area contributed by atoms with Crippen LogP contribution in [0.25, 0.3) is 0 Å². The molecule has 0 spiro atoms. The van der Waals surface area contributed by atoms with Crippen LogP contribution in [0.5, 0.6) is 5.75 Å². The van der Waals surface area contributed by atoms with Crippen molar-refractivity contribution in [2.24, 2.45) is 5.10 Å². The average molecular weight is 523 g/mol. The van der Waals surface area contributed by atoms with Gasteiger partial charge in [-0.05, 0) is 61.4 Å². The molecule has 37 heavy (non-hydrogen) atoms. The van der Waals surface area contributed by atoms with E-state index in [0.717, 1.165) is 21.7 Å². The normalized spacial score (nSPS) is 12.1. The van der Waals surface area contributed by atoms with E-state index in [4.69, 9.17) is 4.74 Å². The molecule has 3 rings (SSSR count). The lowest BCUT2D eigenvalue weighted by molar-refractivity contribution is -0.123. The minimum atomic E-state index is -3.66. The molecular weight excluding hydrogens is 492 g/mol. The molecule has 0 aliphatic rings. The topological polar surface area (TPSA) is 117 Å². The highest BCUT2D eigenvalue weighted by Crippen LogP contribution is 2.18. The second-order valence-corrected chi connectivity index (χ2v) is 10.4. The van der Waals surface area contributed by atoms with E-state index in [1.165, 1.54) is 6.21 Å². The fourth-order valence-electron chi connectivity index (χ4n) is 3.36. The van der Waals surface area contributed by atoms with Crippen LogP contribution < -0.4 is 19.8 Å². The zero-order valence-electron chi connectivity index (χ0n) is 20.9. The number of hydrazone groups is 1. The van der Waals surface area contributed by atoms with Gasteiger partial charge in [-0.15, -0.1) is 0 Å². The number of nitrogens with one attached hydrogen (secondary N) is 2. The summed E-state index contributed by atoms with van der Waals surface area (Å²) in [5.74, 6) is -0.318. The first-order valence-corrected chi connectivity index (χ1v) is 13.4. The van der Waals surface area contributed by atoms with Crippen LogP contribution in [0.4, 0.5) is 5.69 Å². The van der Waals surface area contributed by atoms with E-state index in [2.05, 4.69) is 15.8 Å². The third kappa shape index (κ3) is 8.76. The first kappa shape index (κ1) is 27.4. The van der Waals surface area contributed by atoms with Crippen LogP contribution in [0.1, 0.15) is 29.7 Å². The summed E-state index contributed by atoms with van der Waals surface area (Å²) in [6.45, 7) is 3.26. The molecule has 10 heteroatoms. The van der Waals surface area contributed by atoms with E-state index in [-0.39, 0.29) is 18.6 Å². The molecule has 1 atom stereocenters. The second kappa shape index (κ2) is 12.7. The Bertz CT molecular complexity index is 1330. The SMILES string of the molecule is Cc1ccc(N(CC(=O)N/N=C\c2ccc(OCC(=O)N[C@@H](C)c3ccccc3)cc2)S(C)(=O)=O)cc1. The van der Waals surface area contributed by atoms with Gasteiger partial charge in [0, 0.05) is 0 Å². The number of ether oxygens (including phenoxy) is 1. The maximum atomic E-state index is 12.3. The number of hydrogen-bond donors (Lipinski definition) is 2. The van der Waals surface area contributed by atoms with Gasteiger partial charge in [-0.1, -0.05) is 48.0 Å². The summed E-state index contributed by atoms with van der Waals surface area (Å²) < 4.78 is 30.9. The number of carbonyl (C=O) groups is 2. The van der Waals surface area contributed by atoms with Gasteiger partial charge in [0.15, 0.2) is 6.61 Å². The fraction of sp³-hybridized carbons (Fsp3) is 0.222. The Kier molecular flexibility index (Phi) is 9.39. The lowest BCUT2D eigenvalue weighted by Crippen LogP contribution is -2.39. The van der Waals surface area contributed by atoms with Crippen LogP contribution in [0, 0.1) is 6.92 Å². The van der Waals surface area contributed by atoms with Gasteiger partial charge in [-0.25, -0.2) is 13.8 Å². The Morgan fingerprint density at radius 2 is 1.62 bits per heavy atom. The number of nitrogens with zero attached hydrogens (tertiary/aromatic N) is 2. The number of carbonyl (C=O) groups excluding carboxylic acids is 2. The predicted octanol–water partition coefficient (Wildman–Crippen LogP) is 3.17. The highest BCUT2D eigenvalue weighted by molar-refractivity contribution is 7.92. The van der Waals surface area contributed by atoms with Gasteiger partial charge >= 0.3 is 0 Å². The van der Waals surface area contributed by atoms with Crippen molar-refractivity contribution in [2.75, 3.05) is 23.7 Å². The van der Waals surface area contributed by atoms with Gasteiger partial charge in [-0.3, -0.25) is 13.9 Å². The van der Waals surface area contributed by atoms with E-state index < -0.39 is 22.5 Å². The Labute approximate surface area is 217 Å². The first-order chi connectivity index (χ1) is 17.6. The minimum absolute atomic E-state index is 0.127. The van der Waals surface area contributed by atoms with Crippen molar-refractivity contribution < 1.29 is 22.7 Å². The Hall–Kier alpha value is -4.18. The molecule has 0 bridgehead atoms. The predicted molar refractivity (Wildman–Crippen MR) is 144 cm³/mol. The van der Waals surface area contributed by atoms with Crippen LogP contribution in [0.15, 0.2) is 84.0 Å². The molecule has 0 saturated carbocycles. The molecule has 0 saturated heterocycles. The smallest absolute Gasteiger partial charge is 0.260 e. The van der Waals surface area contributed by atoms with Crippen molar-refractivity contribution >= 4 is 33.7 Å². The standard InChI is InChI=1S/C27H30N4O5S/c1-20-9-13-24(14-10-20)31(37(3,34)35)18-26(32)30-28-17-22-11-15-25(16-12-22)36-19-27(33)29-21(2)23-7-5-4-6-8-23/h4-17,21H,18-19H2,1-3H3,(H,29,33)(H,30,32)/b28-17-/t21-/m0/s1. The van der Waals surface area contributed by atoms with Gasteiger partial charge in [0.1, 0.15) is 12.3 Å². The summed E-state index contributed by atoms with van der Waals surface area (Å²) in [5.41, 5.74) is 5.39. The van der Waals surface area contributed by atoms with Crippen LogP contribution in [-0.4, -0.2) is 45.9 Å². The lowest BCUT2D eigenvalue weighted by Gasteiger charge is -2.21. The summed E-state index contributed by atoms with van der Waals surface area (Å²) >= 11 is 0. The Morgan fingerprint density at radius 3 is 2.24 bits per heavy atom. The first-order valence-electron chi connectivity index (χ1n) is 11.6. The van der Waals surface area contributed by atoms with Crippen molar-refractivity contribution in [3.05, 3.63) is 95.6 Å². The maximum absolute atomic E-state index is 12.3. The minimum Gasteiger partial charge on any atom is -0.484 e. The fourth-order valence-corrected chi connectivity index (χ4v) is 4.22. The molecule has 3 aromatic rings. The van der Waals surface area contributed by atoms with E-state index >= 15 is 0 Å². The van der Waals surface area contributed by atoms with E-state index in [9.17, 15) is 18.0 Å². The number of sulfonamides is 1. The number of anilines is 1. The maximum Gasteiger partial charge on any atom is 0.260 e. The van der Waals surface area contributed by atoms with Crippen molar-refractivity contribution in [3.63, 3.8) is 0 Å². The molecule has 0 fully saturated rings. The van der Waals surface area contributed by atoms with Crippen molar-refractivity contribution in [1.29, 1.82) is 0 Å². The number of rotatable bonds is 11. The summed E-state index contributed by atoms with van der Waals surface area (Å²) in [5, 5.41) is 6.78. The molecule has 0 heterocycles. The summed E-state index contributed by atoms with van der Waals surface area (Å²) in [6.07, 6.45) is 2.47. The van der Waals surface area contributed by atoms with Crippen LogP contribution in [-0.2, 0) is 19.6 Å². The van der Waals surface area contributed by atoms with Gasteiger partial charge in [-0.2, -0.15) is 5.10 Å². The molecule has 2 N–H and O–H groups in total. The van der Waals surface area contributed by atoms with Crippen LogP contribution in [0.2, 0.25) is 0 Å². The van der Waals surface area contributed by atoms with Gasteiger partial charge < -0.3 is 10.1 Å². The third-order valence-corrected chi connectivity index (χ3v) is 6.48. The molecule has 2 amide bonds. The monoisotopic (exact) mass is 522 g/mol. The van der Waals surface area contributed by atoms with Crippen molar-refractivity contribution in [1.82, 2.24) is 10.7 Å². The van der Waals surface area contributed by atoms with E-state index in [1.54, 1.807) is 48.5 Å². The number of aryl methyl sites for hydroxylation is 1. The Morgan fingerprint density at radius 1 is 0.973 bits per heavy atom. The third-order valence-electron chi connectivity index (χ3n) is 5.34. The number of hydrogen-bond acceptors (Lipinski definition) is 6. The molecule has 0 radical (unpaired) electrons. The molecule has 3 aromatic carbocycles. The number of benzene rings is 3. The quantitative estimate of drug-likeness (QED) is 0.296. The Balaban J connectivity index is 1.47. The number of amides is 2. The highest BCUT2D eigenvalue weighted by atomic mass is 32.2. The molecule has 0 aliphatic carbocycles. The molecule has 194 valence electrons. The highest BCUT2D eigenvalue weighted by Gasteiger charge is 2.20. The summed E-state index contributed by atoms with van der Waals surface area (Å²) in [4.78, 5) is 24.5. The van der Waals surface area contributed by atoms with E-state index in [0.29, 0.717) is 17.0 Å². The van der Waals surface area contributed by atoms with Crippen LogP contribution in [0.3, 0.4) is 0 Å². The van der Waals surface area contributed by atoms with Crippen molar-refractivity contribution in [3.8, 4) is 5.75 Å². The molecule has 0 aromatic heterocycles. The van der Waals surface area contributed by atoms with E-state index in [1.807, 2.05) is 44.2 Å². The zero-order valence-corrected chi connectivity index (χ0v) is 21.7. The molecule has 0 aliphatic heterocycles. The van der Waals surface area contributed by atoms with Gasteiger partial charge in [0.05, 0.1) is 24.2 Å².